The number of carbonyl (C=O) groups excluding carboxylic acids is 1. The Balaban J connectivity index is 1.74. The van der Waals surface area contributed by atoms with Gasteiger partial charge in [0.05, 0.1) is 17.8 Å². The first-order valence-corrected chi connectivity index (χ1v) is 8.27. The van der Waals surface area contributed by atoms with E-state index in [0.717, 1.165) is 14.8 Å². The van der Waals surface area contributed by atoms with Crippen LogP contribution in [0.3, 0.4) is 0 Å². The summed E-state index contributed by atoms with van der Waals surface area (Å²) >= 11 is 2.19. The molecule has 1 heterocycles. The standard InChI is InChI=1S/C18H15IN2O2/c1-12-16(21-18(23-12)13-7-3-2-4-8-13)11-17(22)20-15-10-6-5-9-14(15)19/h2-10H,11H2,1H3,(H,20,22). The lowest BCUT2D eigenvalue weighted by Gasteiger charge is -2.06. The Labute approximate surface area is 148 Å². The molecular weight excluding hydrogens is 403 g/mol. The second kappa shape index (κ2) is 6.95. The first-order valence-electron chi connectivity index (χ1n) is 7.19. The number of nitrogens with one attached hydrogen (secondary N) is 1. The van der Waals surface area contributed by atoms with Gasteiger partial charge in [0.15, 0.2) is 0 Å². The number of carbonyl (C=O) groups is 1. The van der Waals surface area contributed by atoms with Gasteiger partial charge in [-0.05, 0) is 53.8 Å². The van der Waals surface area contributed by atoms with Crippen molar-refractivity contribution in [2.24, 2.45) is 0 Å². The van der Waals surface area contributed by atoms with Gasteiger partial charge in [0.2, 0.25) is 11.8 Å². The van der Waals surface area contributed by atoms with Crippen molar-refractivity contribution in [1.82, 2.24) is 4.98 Å². The van der Waals surface area contributed by atoms with Crippen LogP contribution in [0, 0.1) is 10.5 Å². The number of aromatic nitrogens is 1. The summed E-state index contributed by atoms with van der Waals surface area (Å²) in [4.78, 5) is 16.7. The maximum atomic E-state index is 12.2. The fourth-order valence-electron chi connectivity index (χ4n) is 2.21. The first kappa shape index (κ1) is 15.7. The third-order valence-electron chi connectivity index (χ3n) is 3.39. The molecule has 3 aromatic rings. The average Bonchev–Trinajstić information content (AvgIpc) is 2.91. The largest absolute Gasteiger partial charge is 0.441 e. The van der Waals surface area contributed by atoms with E-state index in [2.05, 4.69) is 32.9 Å². The van der Waals surface area contributed by atoms with Gasteiger partial charge in [-0.1, -0.05) is 30.3 Å². The average molecular weight is 418 g/mol. The maximum absolute atomic E-state index is 12.2. The molecule has 0 saturated carbocycles. The molecule has 1 N–H and O–H groups in total. The molecule has 0 saturated heterocycles. The molecule has 0 fully saturated rings. The third kappa shape index (κ3) is 3.79. The van der Waals surface area contributed by atoms with Gasteiger partial charge in [0, 0.05) is 9.13 Å². The minimum Gasteiger partial charge on any atom is -0.441 e. The summed E-state index contributed by atoms with van der Waals surface area (Å²) < 4.78 is 6.68. The Hall–Kier alpha value is -2.15. The lowest BCUT2D eigenvalue weighted by atomic mass is 10.2. The molecule has 0 atom stereocenters. The van der Waals surface area contributed by atoms with Crippen molar-refractivity contribution in [3.05, 3.63) is 69.6 Å². The smallest absolute Gasteiger partial charge is 0.230 e. The lowest BCUT2D eigenvalue weighted by molar-refractivity contribution is -0.115. The van der Waals surface area contributed by atoms with Gasteiger partial charge < -0.3 is 9.73 Å². The molecule has 0 aliphatic heterocycles. The molecule has 4 nitrogen and oxygen atoms in total. The highest BCUT2D eigenvalue weighted by molar-refractivity contribution is 14.1. The van der Waals surface area contributed by atoms with E-state index in [0.29, 0.717) is 17.3 Å². The number of nitrogens with zero attached hydrogens (tertiary/aromatic N) is 1. The molecule has 5 heteroatoms. The minimum atomic E-state index is -0.106. The zero-order valence-electron chi connectivity index (χ0n) is 12.5. The fourth-order valence-corrected chi connectivity index (χ4v) is 2.73. The second-order valence-corrected chi connectivity index (χ2v) is 6.25. The number of amides is 1. The zero-order valence-corrected chi connectivity index (χ0v) is 14.7. The number of hydrogen-bond acceptors (Lipinski definition) is 3. The number of oxazole rings is 1. The Morgan fingerprint density at radius 2 is 1.83 bits per heavy atom. The second-order valence-electron chi connectivity index (χ2n) is 5.09. The van der Waals surface area contributed by atoms with Gasteiger partial charge in [-0.25, -0.2) is 4.98 Å². The zero-order chi connectivity index (χ0) is 16.2. The summed E-state index contributed by atoms with van der Waals surface area (Å²) in [6.07, 6.45) is 0.188. The molecule has 0 unspecified atom stereocenters. The van der Waals surface area contributed by atoms with Crippen LogP contribution in [0.5, 0.6) is 0 Å². The highest BCUT2D eigenvalue weighted by Crippen LogP contribution is 2.22. The van der Waals surface area contributed by atoms with Gasteiger partial charge >= 0.3 is 0 Å². The summed E-state index contributed by atoms with van der Waals surface area (Å²) in [5.41, 5.74) is 2.37. The number of aryl methyl sites for hydroxylation is 1. The van der Waals surface area contributed by atoms with Gasteiger partial charge in [-0.3, -0.25) is 4.79 Å². The quantitative estimate of drug-likeness (QED) is 0.638. The SMILES string of the molecule is Cc1oc(-c2ccccc2)nc1CC(=O)Nc1ccccc1I. The molecular formula is C18H15IN2O2. The van der Waals surface area contributed by atoms with Crippen molar-refractivity contribution >= 4 is 34.2 Å². The topological polar surface area (TPSA) is 55.1 Å². The highest BCUT2D eigenvalue weighted by Gasteiger charge is 2.15. The van der Waals surface area contributed by atoms with Gasteiger partial charge in [0.25, 0.3) is 0 Å². The molecule has 0 aliphatic carbocycles. The third-order valence-corrected chi connectivity index (χ3v) is 4.33. The molecule has 1 amide bonds. The molecule has 1 aromatic heterocycles. The van der Waals surface area contributed by atoms with E-state index < -0.39 is 0 Å². The number of hydrogen-bond donors (Lipinski definition) is 1. The van der Waals surface area contributed by atoms with Crippen LogP contribution < -0.4 is 5.32 Å². The molecule has 0 radical (unpaired) electrons. The summed E-state index contributed by atoms with van der Waals surface area (Å²) in [5, 5.41) is 2.91. The molecule has 0 bridgehead atoms. The Bertz CT molecular complexity index is 828. The minimum absolute atomic E-state index is 0.106. The van der Waals surface area contributed by atoms with Crippen LogP contribution in [0.2, 0.25) is 0 Å². The summed E-state index contributed by atoms with van der Waals surface area (Å²) in [5.74, 6) is 1.10. The molecule has 116 valence electrons. The first-order chi connectivity index (χ1) is 11.1. The van der Waals surface area contributed by atoms with Crippen molar-refractivity contribution in [3.8, 4) is 11.5 Å². The van der Waals surface area contributed by atoms with Crippen LogP contribution in [0.25, 0.3) is 11.5 Å². The van der Waals surface area contributed by atoms with Gasteiger partial charge in [0.1, 0.15) is 5.76 Å². The van der Waals surface area contributed by atoms with Crippen LogP contribution in [-0.4, -0.2) is 10.9 Å². The van der Waals surface area contributed by atoms with E-state index in [-0.39, 0.29) is 12.3 Å². The number of rotatable bonds is 4. The molecule has 3 rings (SSSR count). The molecule has 0 aliphatic rings. The Morgan fingerprint density at radius 1 is 1.13 bits per heavy atom. The van der Waals surface area contributed by atoms with E-state index in [1.54, 1.807) is 0 Å². The Kier molecular flexibility index (Phi) is 4.76. The number of anilines is 1. The number of benzene rings is 2. The lowest BCUT2D eigenvalue weighted by Crippen LogP contribution is -2.15. The van der Waals surface area contributed by atoms with Crippen molar-refractivity contribution in [2.45, 2.75) is 13.3 Å². The molecule has 23 heavy (non-hydrogen) atoms. The predicted molar refractivity (Wildman–Crippen MR) is 98.2 cm³/mol. The van der Waals surface area contributed by atoms with Gasteiger partial charge in [-0.15, -0.1) is 0 Å². The van der Waals surface area contributed by atoms with E-state index in [1.165, 1.54) is 0 Å². The van der Waals surface area contributed by atoms with Crippen molar-refractivity contribution in [1.29, 1.82) is 0 Å². The van der Waals surface area contributed by atoms with E-state index in [1.807, 2.05) is 61.5 Å². The summed E-state index contributed by atoms with van der Waals surface area (Å²) in [6, 6.07) is 17.3. The van der Waals surface area contributed by atoms with E-state index >= 15 is 0 Å². The summed E-state index contributed by atoms with van der Waals surface area (Å²) in [6.45, 7) is 1.83. The van der Waals surface area contributed by atoms with Crippen molar-refractivity contribution < 1.29 is 9.21 Å². The fraction of sp³-hybridized carbons (Fsp3) is 0.111. The predicted octanol–water partition coefficient (Wildman–Crippen LogP) is 4.44. The summed E-state index contributed by atoms with van der Waals surface area (Å²) in [7, 11) is 0. The number of para-hydroxylation sites is 1. The van der Waals surface area contributed by atoms with E-state index in [9.17, 15) is 4.79 Å². The van der Waals surface area contributed by atoms with Crippen LogP contribution >= 0.6 is 22.6 Å². The monoisotopic (exact) mass is 418 g/mol. The van der Waals surface area contributed by atoms with Crippen LogP contribution in [0.1, 0.15) is 11.5 Å². The molecule has 0 spiro atoms. The van der Waals surface area contributed by atoms with E-state index in [4.69, 9.17) is 4.42 Å². The van der Waals surface area contributed by atoms with Crippen molar-refractivity contribution in [2.75, 3.05) is 5.32 Å². The van der Waals surface area contributed by atoms with Crippen LogP contribution in [0.4, 0.5) is 5.69 Å². The molecule has 2 aromatic carbocycles. The maximum Gasteiger partial charge on any atom is 0.230 e. The van der Waals surface area contributed by atoms with Crippen LogP contribution in [0.15, 0.2) is 59.0 Å². The highest BCUT2D eigenvalue weighted by atomic mass is 127. The van der Waals surface area contributed by atoms with Gasteiger partial charge in [-0.2, -0.15) is 0 Å². The normalized spacial score (nSPS) is 10.5. The number of halogens is 1. The van der Waals surface area contributed by atoms with Crippen LogP contribution in [-0.2, 0) is 11.2 Å². The van der Waals surface area contributed by atoms with Crippen molar-refractivity contribution in [3.63, 3.8) is 0 Å². The Morgan fingerprint density at radius 3 is 2.57 bits per heavy atom.